The minimum atomic E-state index is 0.288. The molecule has 3 rings (SSSR count). The van der Waals surface area contributed by atoms with Crippen LogP contribution in [0.2, 0.25) is 5.28 Å². The molecular formula is C30H53ClN5OS+. The molecule has 0 aromatic carbocycles. The van der Waals surface area contributed by atoms with Crippen LogP contribution in [0.15, 0.2) is 5.03 Å². The average Bonchev–Trinajstić information content (AvgIpc) is 3.18. The Bertz CT molecular complexity index is 944. The molecule has 0 amide bonds. The molecule has 0 unspecified atom stereocenters. The second kappa shape index (κ2) is 17.0. The number of rotatable bonds is 19. The first-order chi connectivity index (χ1) is 18.4. The molecule has 216 valence electrons. The van der Waals surface area contributed by atoms with E-state index in [1.807, 2.05) is 0 Å². The van der Waals surface area contributed by atoms with Crippen molar-refractivity contribution in [1.82, 2.24) is 19.5 Å². The van der Waals surface area contributed by atoms with Crippen molar-refractivity contribution in [3.8, 4) is 0 Å². The fourth-order valence-electron chi connectivity index (χ4n) is 5.56. The Balaban J connectivity index is 1.17. The summed E-state index contributed by atoms with van der Waals surface area (Å²) in [5.74, 6) is 1.01. The van der Waals surface area contributed by atoms with E-state index in [9.17, 15) is 0 Å². The average molecular weight is 567 g/mol. The molecule has 1 saturated heterocycles. The number of imidazole rings is 1. The largest absolute Gasteiger partial charge is 0.370 e. The molecule has 0 saturated carbocycles. The Morgan fingerprint density at radius 1 is 0.816 bits per heavy atom. The lowest BCUT2D eigenvalue weighted by molar-refractivity contribution is -0.917. The van der Waals surface area contributed by atoms with E-state index in [-0.39, 0.29) is 5.28 Å². The number of quaternary nitrogens is 1. The first kappa shape index (κ1) is 31.6. The molecule has 38 heavy (non-hydrogen) atoms. The fourth-order valence-corrected chi connectivity index (χ4v) is 6.67. The smallest absolute Gasteiger partial charge is 0.225 e. The molecule has 2 aromatic heterocycles. The lowest BCUT2D eigenvalue weighted by Crippen LogP contribution is -2.52. The van der Waals surface area contributed by atoms with Crippen molar-refractivity contribution in [1.29, 1.82) is 0 Å². The van der Waals surface area contributed by atoms with Gasteiger partial charge in [-0.15, -0.1) is 11.8 Å². The lowest BCUT2D eigenvalue weighted by Gasteiger charge is -2.37. The normalized spacial score (nSPS) is 15.6. The molecule has 1 aliphatic rings. The van der Waals surface area contributed by atoms with Crippen LogP contribution in [0, 0.1) is 6.92 Å². The molecule has 0 aliphatic carbocycles. The van der Waals surface area contributed by atoms with Crippen LogP contribution in [0.5, 0.6) is 0 Å². The van der Waals surface area contributed by atoms with Crippen LogP contribution in [0.1, 0.15) is 110 Å². The van der Waals surface area contributed by atoms with E-state index in [2.05, 4.69) is 47.3 Å². The van der Waals surface area contributed by atoms with Gasteiger partial charge in [0.15, 0.2) is 5.65 Å². The van der Waals surface area contributed by atoms with Crippen molar-refractivity contribution < 1.29 is 9.22 Å². The number of fused-ring (bicyclic) bond motifs is 1. The number of unbranched alkanes of at least 4 members (excludes halogenated alkanes) is 13. The second-order valence-corrected chi connectivity index (χ2v) is 13.7. The van der Waals surface area contributed by atoms with Gasteiger partial charge in [0.25, 0.3) is 0 Å². The van der Waals surface area contributed by atoms with Gasteiger partial charge in [-0.2, -0.15) is 4.98 Å². The topological polar surface area (TPSA) is 52.8 Å². The molecule has 0 bridgehead atoms. The predicted octanol–water partition coefficient (Wildman–Crippen LogP) is 8.23. The van der Waals surface area contributed by atoms with Crippen LogP contribution >= 0.6 is 23.4 Å². The number of morpholine rings is 1. The summed E-state index contributed by atoms with van der Waals surface area (Å²) in [7, 11) is 2.40. The van der Waals surface area contributed by atoms with Crippen LogP contribution in [0.3, 0.4) is 0 Å². The zero-order valence-corrected chi connectivity index (χ0v) is 26.2. The summed E-state index contributed by atoms with van der Waals surface area (Å²) in [6.07, 6.45) is 19.2. The van der Waals surface area contributed by atoms with Crippen molar-refractivity contribution in [2.45, 2.75) is 127 Å². The van der Waals surface area contributed by atoms with Crippen LogP contribution in [0.25, 0.3) is 11.2 Å². The number of nitrogens with zero attached hydrogens (tertiary/aromatic N) is 5. The summed E-state index contributed by atoms with van der Waals surface area (Å²) in [5.41, 5.74) is 1.78. The molecule has 0 radical (unpaired) electrons. The van der Waals surface area contributed by atoms with Crippen molar-refractivity contribution in [2.75, 3.05) is 39.9 Å². The molecule has 0 spiro atoms. The Labute approximate surface area is 241 Å². The summed E-state index contributed by atoms with van der Waals surface area (Å²) in [6, 6.07) is 0. The van der Waals surface area contributed by atoms with Crippen molar-refractivity contribution in [3.05, 3.63) is 11.1 Å². The predicted molar refractivity (Wildman–Crippen MR) is 162 cm³/mol. The quantitative estimate of drug-likeness (QED) is 0.0563. The van der Waals surface area contributed by atoms with Gasteiger partial charge in [0.2, 0.25) is 5.28 Å². The molecule has 6 nitrogen and oxygen atoms in total. The fraction of sp³-hybridized carbons (Fsp3) is 0.833. The van der Waals surface area contributed by atoms with E-state index in [1.54, 1.807) is 11.8 Å². The van der Waals surface area contributed by atoms with Crippen molar-refractivity contribution in [2.24, 2.45) is 0 Å². The molecule has 0 atom stereocenters. The van der Waals surface area contributed by atoms with Gasteiger partial charge in [-0.05, 0) is 37.8 Å². The molecule has 0 N–H and O–H groups in total. The zero-order chi connectivity index (χ0) is 27.2. The van der Waals surface area contributed by atoms with E-state index in [1.165, 1.54) is 114 Å². The van der Waals surface area contributed by atoms with E-state index >= 15 is 0 Å². The van der Waals surface area contributed by atoms with Gasteiger partial charge in [-0.1, -0.05) is 84.5 Å². The van der Waals surface area contributed by atoms with Crippen molar-refractivity contribution in [3.63, 3.8) is 0 Å². The van der Waals surface area contributed by atoms with Gasteiger partial charge in [0.05, 0.1) is 26.8 Å². The summed E-state index contributed by atoms with van der Waals surface area (Å²) in [5, 5.41) is 1.68. The van der Waals surface area contributed by atoms with E-state index in [4.69, 9.17) is 16.3 Å². The Hall–Kier alpha value is -0.890. The van der Waals surface area contributed by atoms with Crippen molar-refractivity contribution >= 4 is 34.5 Å². The van der Waals surface area contributed by atoms with E-state index in [0.29, 0.717) is 5.25 Å². The molecule has 3 heterocycles. The molecule has 8 heteroatoms. The summed E-state index contributed by atoms with van der Waals surface area (Å²) < 4.78 is 9.03. The Morgan fingerprint density at radius 2 is 1.34 bits per heavy atom. The van der Waals surface area contributed by atoms with Gasteiger partial charge in [0, 0.05) is 11.8 Å². The minimum absolute atomic E-state index is 0.288. The third-order valence-electron chi connectivity index (χ3n) is 7.96. The van der Waals surface area contributed by atoms with Gasteiger partial charge >= 0.3 is 0 Å². The van der Waals surface area contributed by atoms with Gasteiger partial charge in [-0.3, -0.25) is 0 Å². The number of likely N-dealkylation sites (N-methyl/N-ethyl adjacent to an activating group) is 1. The molecule has 1 aliphatic heterocycles. The van der Waals surface area contributed by atoms with Crippen LogP contribution in [-0.2, 0) is 11.3 Å². The Kier molecular flexibility index (Phi) is 14.2. The molecule has 1 fully saturated rings. The Morgan fingerprint density at radius 3 is 1.89 bits per heavy atom. The van der Waals surface area contributed by atoms with E-state index in [0.717, 1.165) is 41.8 Å². The zero-order valence-electron chi connectivity index (χ0n) is 24.7. The maximum absolute atomic E-state index is 6.15. The van der Waals surface area contributed by atoms with Crippen LogP contribution in [-0.4, -0.2) is 69.1 Å². The van der Waals surface area contributed by atoms with Crippen LogP contribution in [0.4, 0.5) is 0 Å². The summed E-state index contributed by atoms with van der Waals surface area (Å²) in [4.78, 5) is 13.5. The third kappa shape index (κ3) is 10.9. The lowest BCUT2D eigenvalue weighted by atomic mass is 10.0. The highest BCUT2D eigenvalue weighted by molar-refractivity contribution is 8.00. The third-order valence-corrected chi connectivity index (χ3v) is 9.11. The van der Waals surface area contributed by atoms with Gasteiger partial charge in [-0.25, -0.2) is 9.97 Å². The number of aromatic nitrogens is 4. The molecule has 2 aromatic rings. The summed E-state index contributed by atoms with van der Waals surface area (Å²) in [6.45, 7) is 13.0. The highest BCUT2D eigenvalue weighted by Crippen LogP contribution is 2.30. The number of hydrogen-bond acceptors (Lipinski definition) is 5. The maximum Gasteiger partial charge on any atom is 0.225 e. The van der Waals surface area contributed by atoms with Crippen LogP contribution < -0.4 is 0 Å². The molecular weight excluding hydrogens is 514 g/mol. The number of aryl methyl sites for hydroxylation is 2. The summed E-state index contributed by atoms with van der Waals surface area (Å²) >= 11 is 7.89. The van der Waals surface area contributed by atoms with E-state index < -0.39 is 0 Å². The second-order valence-electron chi connectivity index (χ2n) is 11.8. The van der Waals surface area contributed by atoms with Gasteiger partial charge in [0.1, 0.15) is 29.5 Å². The minimum Gasteiger partial charge on any atom is -0.370 e. The number of halogens is 1. The highest BCUT2D eigenvalue weighted by atomic mass is 35.5. The number of hydrogen-bond donors (Lipinski definition) is 0. The van der Waals surface area contributed by atoms with Gasteiger partial charge < -0.3 is 13.8 Å². The maximum atomic E-state index is 6.15. The number of thioether (sulfide) groups is 1. The monoisotopic (exact) mass is 566 g/mol. The highest BCUT2D eigenvalue weighted by Gasteiger charge is 2.24. The SMILES string of the molecule is Cc1nc2nc(Cl)nc(SC(C)C)c2n1CCCCCCCCCCCCCCCC[N+]1(C)CCOCC1. The first-order valence-electron chi connectivity index (χ1n) is 15.4. The first-order valence-corrected chi connectivity index (χ1v) is 16.6. The standard InChI is InChI=1S/C30H53ClN5OS/c1-25(2)38-29-27-28(33-30(31)34-29)32-26(3)35(27)19-17-15-13-11-9-7-5-6-8-10-12-14-16-18-20-36(4)21-23-37-24-22-36/h25H,5-24H2,1-4H3/q+1. The number of ether oxygens (including phenoxy) is 1.